The number of carbonyl (C=O) groups is 1. The minimum absolute atomic E-state index is 0.00828. The number of hydrogen-bond donors (Lipinski definition) is 1. The van der Waals surface area contributed by atoms with Crippen molar-refractivity contribution in [1.29, 1.82) is 0 Å². The Labute approximate surface area is 171 Å². The van der Waals surface area contributed by atoms with Gasteiger partial charge in [-0.3, -0.25) is 9.79 Å². The molecule has 0 saturated carbocycles. The van der Waals surface area contributed by atoms with Gasteiger partial charge in [-0.15, -0.1) is 0 Å². The van der Waals surface area contributed by atoms with E-state index in [1.807, 2.05) is 30.0 Å². The van der Waals surface area contributed by atoms with Crippen LogP contribution in [0.25, 0.3) is 0 Å². The summed E-state index contributed by atoms with van der Waals surface area (Å²) in [6, 6.07) is 5.59. The number of hydrogen-bond acceptors (Lipinski definition) is 6. The lowest BCUT2D eigenvalue weighted by atomic mass is 9.91. The number of anilines is 1. The van der Waals surface area contributed by atoms with Gasteiger partial charge in [0.15, 0.2) is 15.0 Å². The minimum Gasteiger partial charge on any atom is -0.338 e. The number of benzene rings is 1. The molecule has 1 N–H and O–H groups in total. The lowest BCUT2D eigenvalue weighted by Crippen LogP contribution is -2.42. The Balaban J connectivity index is 1.50. The predicted octanol–water partition coefficient (Wildman–Crippen LogP) is 2.79. The van der Waals surface area contributed by atoms with Crippen molar-refractivity contribution in [3.63, 3.8) is 0 Å². The van der Waals surface area contributed by atoms with Crippen LogP contribution in [0, 0.1) is 18.8 Å². The van der Waals surface area contributed by atoms with E-state index in [4.69, 9.17) is 0 Å². The summed E-state index contributed by atoms with van der Waals surface area (Å²) in [7, 11) is -2.96. The van der Waals surface area contributed by atoms with E-state index in [1.54, 1.807) is 0 Å². The molecule has 2 fully saturated rings. The average molecular weight is 422 g/mol. The summed E-state index contributed by atoms with van der Waals surface area (Å²) in [5, 5.41) is 4.08. The second-order valence-corrected chi connectivity index (χ2v) is 11.9. The second-order valence-electron chi connectivity index (χ2n) is 8.55. The van der Waals surface area contributed by atoms with Crippen molar-refractivity contribution in [2.75, 3.05) is 29.9 Å². The van der Waals surface area contributed by atoms with Gasteiger partial charge in [-0.2, -0.15) is 0 Å². The van der Waals surface area contributed by atoms with Crippen LogP contribution in [0.5, 0.6) is 0 Å². The molecule has 1 amide bonds. The Kier molecular flexibility index (Phi) is 5.20. The monoisotopic (exact) mass is 421 g/mol. The number of fused-ring (bicyclic) bond motifs is 1. The van der Waals surface area contributed by atoms with Gasteiger partial charge in [-0.05, 0) is 42.9 Å². The number of rotatable bonds is 2. The molecule has 3 heterocycles. The van der Waals surface area contributed by atoms with Gasteiger partial charge in [0.1, 0.15) is 0 Å². The molecule has 8 heteroatoms. The molecule has 0 spiro atoms. The summed E-state index contributed by atoms with van der Waals surface area (Å²) in [5.74, 6) is 1.45. The summed E-state index contributed by atoms with van der Waals surface area (Å²) < 4.78 is 23.5. The van der Waals surface area contributed by atoms with Gasteiger partial charge in [-0.25, -0.2) is 8.42 Å². The fraction of sp³-hybridized carbons (Fsp3) is 0.600. The van der Waals surface area contributed by atoms with Crippen molar-refractivity contribution in [3.8, 4) is 0 Å². The third-order valence-corrected chi connectivity index (χ3v) is 8.84. The Morgan fingerprint density at radius 2 is 1.93 bits per heavy atom. The van der Waals surface area contributed by atoms with Gasteiger partial charge in [-0.1, -0.05) is 31.7 Å². The SMILES string of the molecule is Cc1ccc(C(=O)N2C[C@H](C)C[C@H](C)C2)cc1NC1=N[C@@H]2CS(=O)(=O)C[C@H]2S1. The number of thioether (sulfide) groups is 1. The van der Waals surface area contributed by atoms with E-state index >= 15 is 0 Å². The van der Waals surface area contributed by atoms with Crippen LogP contribution in [-0.2, 0) is 9.84 Å². The maximum absolute atomic E-state index is 13.0. The quantitative estimate of drug-likeness (QED) is 0.794. The highest BCUT2D eigenvalue weighted by molar-refractivity contribution is 8.15. The number of aryl methyl sites for hydroxylation is 1. The first kappa shape index (κ1) is 19.8. The van der Waals surface area contributed by atoms with E-state index in [0.717, 1.165) is 29.5 Å². The molecule has 2 saturated heterocycles. The molecule has 1 aromatic rings. The number of carbonyl (C=O) groups excluding carboxylic acids is 1. The second kappa shape index (κ2) is 7.37. The third kappa shape index (κ3) is 4.08. The van der Waals surface area contributed by atoms with E-state index in [0.29, 0.717) is 17.4 Å². The van der Waals surface area contributed by atoms with Crippen molar-refractivity contribution >= 4 is 38.4 Å². The van der Waals surface area contributed by atoms with Crippen LogP contribution >= 0.6 is 11.8 Å². The molecule has 0 aromatic heterocycles. The van der Waals surface area contributed by atoms with Gasteiger partial charge in [0.2, 0.25) is 0 Å². The van der Waals surface area contributed by atoms with Crippen LogP contribution in [-0.4, -0.2) is 60.3 Å². The van der Waals surface area contributed by atoms with E-state index in [9.17, 15) is 13.2 Å². The van der Waals surface area contributed by atoms with E-state index in [2.05, 4.69) is 24.2 Å². The van der Waals surface area contributed by atoms with Crippen molar-refractivity contribution in [2.45, 2.75) is 38.5 Å². The number of sulfone groups is 1. The van der Waals surface area contributed by atoms with Crippen LogP contribution in [0.2, 0.25) is 0 Å². The van der Waals surface area contributed by atoms with Crippen LogP contribution < -0.4 is 5.32 Å². The lowest BCUT2D eigenvalue weighted by molar-refractivity contribution is 0.0623. The molecule has 0 aliphatic carbocycles. The molecule has 28 heavy (non-hydrogen) atoms. The number of piperidine rings is 1. The topological polar surface area (TPSA) is 78.8 Å². The zero-order valence-corrected chi connectivity index (χ0v) is 18.1. The summed E-state index contributed by atoms with van der Waals surface area (Å²) in [4.78, 5) is 19.5. The largest absolute Gasteiger partial charge is 0.338 e. The first-order chi connectivity index (χ1) is 13.2. The average Bonchev–Trinajstić information content (AvgIpc) is 3.08. The van der Waals surface area contributed by atoms with Crippen molar-refractivity contribution in [1.82, 2.24) is 4.90 Å². The molecule has 4 rings (SSSR count). The first-order valence-corrected chi connectivity index (χ1v) is 12.5. The van der Waals surface area contributed by atoms with Crippen molar-refractivity contribution in [3.05, 3.63) is 29.3 Å². The normalized spacial score (nSPS) is 31.4. The van der Waals surface area contributed by atoms with Crippen molar-refractivity contribution < 1.29 is 13.2 Å². The molecular formula is C20H27N3O3S2. The smallest absolute Gasteiger partial charge is 0.253 e. The van der Waals surface area contributed by atoms with E-state index < -0.39 is 9.84 Å². The van der Waals surface area contributed by atoms with Crippen molar-refractivity contribution in [2.24, 2.45) is 16.8 Å². The standard InChI is InChI=1S/C20H27N3O3S2/c1-12-6-13(2)9-23(8-12)19(24)15-5-4-14(3)16(7-15)21-20-22-17-10-28(25,26)11-18(17)27-20/h4-5,7,12-13,17-18H,6,8-11H2,1-3H3,(H,21,22)/t12-,13+,17-,18-/m1/s1. The van der Waals surface area contributed by atoms with Gasteiger partial charge in [0.25, 0.3) is 5.91 Å². The van der Waals surface area contributed by atoms with Crippen LogP contribution in [0.1, 0.15) is 36.2 Å². The summed E-state index contributed by atoms with van der Waals surface area (Å²) >= 11 is 1.49. The highest BCUT2D eigenvalue weighted by Gasteiger charge is 2.42. The number of likely N-dealkylation sites (tertiary alicyclic amines) is 1. The Hall–Kier alpha value is -1.54. The van der Waals surface area contributed by atoms with E-state index in [1.165, 1.54) is 18.2 Å². The van der Waals surface area contributed by atoms with Crippen LogP contribution in [0.4, 0.5) is 5.69 Å². The number of amidine groups is 1. The number of aliphatic imine (C=N–C) groups is 1. The molecule has 0 bridgehead atoms. The minimum atomic E-state index is -2.96. The maximum Gasteiger partial charge on any atom is 0.253 e. The van der Waals surface area contributed by atoms with Crippen LogP contribution in [0.15, 0.2) is 23.2 Å². The van der Waals surface area contributed by atoms with Gasteiger partial charge in [0, 0.05) is 29.6 Å². The zero-order valence-electron chi connectivity index (χ0n) is 16.5. The first-order valence-electron chi connectivity index (χ1n) is 9.82. The highest BCUT2D eigenvalue weighted by Crippen LogP contribution is 2.35. The third-order valence-electron chi connectivity index (χ3n) is 5.70. The number of amides is 1. The lowest BCUT2D eigenvalue weighted by Gasteiger charge is -2.35. The molecule has 6 nitrogen and oxygen atoms in total. The summed E-state index contributed by atoms with van der Waals surface area (Å²) in [6.07, 6.45) is 1.17. The number of nitrogens with zero attached hydrogens (tertiary/aromatic N) is 2. The Morgan fingerprint density at radius 1 is 1.21 bits per heavy atom. The molecule has 3 aliphatic heterocycles. The van der Waals surface area contributed by atoms with Gasteiger partial charge >= 0.3 is 0 Å². The molecular weight excluding hydrogens is 394 g/mol. The fourth-order valence-electron chi connectivity index (χ4n) is 4.43. The zero-order chi connectivity index (χ0) is 20.1. The maximum atomic E-state index is 13.0. The molecule has 152 valence electrons. The van der Waals surface area contributed by atoms with Gasteiger partial charge in [0.05, 0.1) is 17.5 Å². The predicted molar refractivity (Wildman–Crippen MR) is 115 cm³/mol. The fourth-order valence-corrected chi connectivity index (χ4v) is 8.10. The highest BCUT2D eigenvalue weighted by atomic mass is 32.2. The molecule has 0 radical (unpaired) electrons. The van der Waals surface area contributed by atoms with E-state index in [-0.39, 0.29) is 28.7 Å². The molecule has 3 aliphatic rings. The molecule has 1 aromatic carbocycles. The Bertz CT molecular complexity index is 919. The summed E-state index contributed by atoms with van der Waals surface area (Å²) in [6.45, 7) is 8.00. The summed E-state index contributed by atoms with van der Waals surface area (Å²) in [5.41, 5.74) is 2.57. The Morgan fingerprint density at radius 3 is 2.61 bits per heavy atom. The molecule has 0 unspecified atom stereocenters. The van der Waals surface area contributed by atoms with Crippen LogP contribution in [0.3, 0.4) is 0 Å². The van der Waals surface area contributed by atoms with Gasteiger partial charge < -0.3 is 10.2 Å². The molecule has 4 atom stereocenters. The number of nitrogens with one attached hydrogen (secondary N) is 1.